The summed E-state index contributed by atoms with van der Waals surface area (Å²) in [6.07, 6.45) is 3.47. The van der Waals surface area contributed by atoms with Crippen molar-refractivity contribution in [2.75, 3.05) is 31.1 Å². The molecular formula is C23H41IN6O2. The van der Waals surface area contributed by atoms with Crippen molar-refractivity contribution < 1.29 is 9.53 Å². The van der Waals surface area contributed by atoms with Crippen LogP contribution in [0.4, 0.5) is 10.6 Å². The number of nitrogens with one attached hydrogen (secondary N) is 3. The average Bonchev–Trinajstić information content (AvgIpc) is 2.70. The van der Waals surface area contributed by atoms with E-state index in [4.69, 9.17) is 9.73 Å². The predicted octanol–water partition coefficient (Wildman–Crippen LogP) is 3.77. The van der Waals surface area contributed by atoms with E-state index < -0.39 is 11.7 Å². The number of amides is 1. The summed E-state index contributed by atoms with van der Waals surface area (Å²) in [6.45, 7) is 15.0. The molecule has 1 saturated heterocycles. The Balaban J connectivity index is 0.00000512. The number of alkyl carbamates (subject to hydrolysis) is 1. The molecule has 1 atom stereocenters. The first-order valence-corrected chi connectivity index (χ1v) is 11.4. The van der Waals surface area contributed by atoms with Gasteiger partial charge in [-0.3, -0.25) is 4.99 Å². The molecule has 1 amide bonds. The van der Waals surface area contributed by atoms with E-state index in [9.17, 15) is 4.79 Å². The first kappa shape index (κ1) is 28.3. The molecule has 0 radical (unpaired) electrons. The number of anilines is 1. The molecule has 1 fully saturated rings. The summed E-state index contributed by atoms with van der Waals surface area (Å²) in [4.78, 5) is 23.7. The highest BCUT2D eigenvalue weighted by Gasteiger charge is 2.23. The molecule has 1 aromatic heterocycles. The normalized spacial score (nSPS) is 16.2. The number of ether oxygens (including phenoxy) is 1. The lowest BCUT2D eigenvalue weighted by Gasteiger charge is -2.34. The topological polar surface area (TPSA) is 90.9 Å². The number of pyridine rings is 1. The molecule has 182 valence electrons. The summed E-state index contributed by atoms with van der Waals surface area (Å²) in [7, 11) is 0. The van der Waals surface area contributed by atoms with E-state index in [2.05, 4.69) is 52.7 Å². The van der Waals surface area contributed by atoms with Gasteiger partial charge >= 0.3 is 6.09 Å². The molecule has 0 bridgehead atoms. The van der Waals surface area contributed by atoms with Crippen molar-refractivity contribution in [2.24, 2.45) is 10.9 Å². The summed E-state index contributed by atoms with van der Waals surface area (Å²) in [5.74, 6) is 2.06. The van der Waals surface area contributed by atoms with Gasteiger partial charge in [0.2, 0.25) is 0 Å². The van der Waals surface area contributed by atoms with Gasteiger partial charge in [-0.1, -0.05) is 19.9 Å². The number of piperidine rings is 1. The van der Waals surface area contributed by atoms with Crippen molar-refractivity contribution in [3.63, 3.8) is 0 Å². The van der Waals surface area contributed by atoms with Crippen LogP contribution in [0.5, 0.6) is 0 Å². The van der Waals surface area contributed by atoms with Gasteiger partial charge in [0, 0.05) is 31.9 Å². The van der Waals surface area contributed by atoms with Crippen molar-refractivity contribution >= 4 is 41.8 Å². The molecule has 1 aromatic rings. The highest BCUT2D eigenvalue weighted by molar-refractivity contribution is 14.0. The molecule has 9 heteroatoms. The molecule has 0 aliphatic carbocycles. The van der Waals surface area contributed by atoms with Gasteiger partial charge in [-0.05, 0) is 58.6 Å². The number of aromatic nitrogens is 1. The highest BCUT2D eigenvalue weighted by Crippen LogP contribution is 2.17. The van der Waals surface area contributed by atoms with Crippen LogP contribution in [0.1, 0.15) is 54.4 Å². The second-order valence-corrected chi connectivity index (χ2v) is 9.31. The largest absolute Gasteiger partial charge is 0.444 e. The van der Waals surface area contributed by atoms with Crippen LogP contribution in [0.3, 0.4) is 0 Å². The zero-order valence-corrected chi connectivity index (χ0v) is 22.7. The van der Waals surface area contributed by atoms with Crippen molar-refractivity contribution in [3.05, 3.63) is 24.4 Å². The van der Waals surface area contributed by atoms with Gasteiger partial charge in [0.25, 0.3) is 0 Å². The van der Waals surface area contributed by atoms with E-state index >= 15 is 0 Å². The molecule has 2 heterocycles. The molecule has 1 unspecified atom stereocenters. The van der Waals surface area contributed by atoms with Gasteiger partial charge in [0.1, 0.15) is 11.4 Å². The number of halogens is 1. The first-order valence-electron chi connectivity index (χ1n) is 11.4. The van der Waals surface area contributed by atoms with Crippen LogP contribution in [-0.4, -0.2) is 60.9 Å². The Bertz CT molecular complexity index is 700. The lowest BCUT2D eigenvalue weighted by atomic mass is 10.0. The third-order valence-electron chi connectivity index (χ3n) is 5.11. The number of hydrogen-bond donors (Lipinski definition) is 3. The summed E-state index contributed by atoms with van der Waals surface area (Å²) in [6, 6.07) is 6.28. The summed E-state index contributed by atoms with van der Waals surface area (Å²) < 4.78 is 5.40. The molecule has 2 rings (SSSR count). The van der Waals surface area contributed by atoms with E-state index in [1.807, 2.05) is 39.1 Å². The number of nitrogens with zero attached hydrogens (tertiary/aromatic N) is 3. The number of aliphatic imine (C=N–C) groups is 1. The van der Waals surface area contributed by atoms with Crippen molar-refractivity contribution in [3.8, 4) is 0 Å². The van der Waals surface area contributed by atoms with E-state index in [0.717, 1.165) is 44.3 Å². The Hall–Kier alpha value is -1.78. The number of carbonyl (C=O) groups excluding carboxylic acids is 1. The van der Waals surface area contributed by atoms with E-state index in [1.54, 1.807) is 0 Å². The van der Waals surface area contributed by atoms with E-state index in [-0.39, 0.29) is 35.9 Å². The smallest absolute Gasteiger partial charge is 0.407 e. The number of rotatable bonds is 7. The summed E-state index contributed by atoms with van der Waals surface area (Å²) >= 11 is 0. The summed E-state index contributed by atoms with van der Waals surface area (Å²) in [5, 5.41) is 9.85. The van der Waals surface area contributed by atoms with Crippen LogP contribution in [0.25, 0.3) is 0 Å². The van der Waals surface area contributed by atoms with Crippen molar-refractivity contribution in [2.45, 2.75) is 72.1 Å². The number of hydrogen-bond acceptors (Lipinski definition) is 5. The lowest BCUT2D eigenvalue weighted by molar-refractivity contribution is 0.0493. The quantitative estimate of drug-likeness (QED) is 0.267. The Morgan fingerprint density at radius 1 is 1.28 bits per heavy atom. The van der Waals surface area contributed by atoms with Crippen molar-refractivity contribution in [1.82, 2.24) is 20.9 Å². The second-order valence-electron chi connectivity index (χ2n) is 9.31. The highest BCUT2D eigenvalue weighted by atomic mass is 127. The van der Waals surface area contributed by atoms with Gasteiger partial charge in [-0.15, -0.1) is 24.0 Å². The second kappa shape index (κ2) is 13.7. The van der Waals surface area contributed by atoms with Crippen LogP contribution < -0.4 is 20.9 Å². The van der Waals surface area contributed by atoms with Gasteiger partial charge in [-0.2, -0.15) is 0 Å². The lowest BCUT2D eigenvalue weighted by Crippen LogP contribution is -2.49. The Morgan fingerprint density at radius 3 is 2.50 bits per heavy atom. The first-order chi connectivity index (χ1) is 14.7. The predicted molar refractivity (Wildman–Crippen MR) is 142 cm³/mol. The molecule has 1 aliphatic heterocycles. The fraction of sp³-hybridized carbons (Fsp3) is 0.696. The molecule has 8 nitrogen and oxygen atoms in total. The van der Waals surface area contributed by atoms with Crippen LogP contribution in [-0.2, 0) is 4.74 Å². The standard InChI is InChI=1S/C23H40N6O2.HI/c1-7-24-21(26-16-19(17(2)3)28-22(30)31-23(4,5)6)27-18-11-14-29(15-12-18)20-10-8-9-13-25-20;/h8-10,13,17-19H,7,11-12,14-16H2,1-6H3,(H,28,30)(H2,24,26,27);1H. The number of carbonyl (C=O) groups is 1. The van der Waals surface area contributed by atoms with Crippen molar-refractivity contribution in [1.29, 1.82) is 0 Å². The summed E-state index contributed by atoms with van der Waals surface area (Å²) in [5.41, 5.74) is -0.518. The zero-order valence-electron chi connectivity index (χ0n) is 20.4. The maximum Gasteiger partial charge on any atom is 0.407 e. The average molecular weight is 561 g/mol. The Kier molecular flexibility index (Phi) is 12.1. The molecule has 0 aromatic carbocycles. The van der Waals surface area contributed by atoms with Gasteiger partial charge in [0.05, 0.1) is 12.6 Å². The minimum absolute atomic E-state index is 0. The van der Waals surface area contributed by atoms with Crippen LogP contribution in [0.15, 0.2) is 29.4 Å². The molecular weight excluding hydrogens is 519 g/mol. The number of guanidine groups is 1. The molecule has 0 saturated carbocycles. The molecule has 3 N–H and O–H groups in total. The van der Waals surface area contributed by atoms with Gasteiger partial charge in [-0.25, -0.2) is 9.78 Å². The van der Waals surface area contributed by atoms with Gasteiger partial charge < -0.3 is 25.6 Å². The van der Waals surface area contributed by atoms with Crippen LogP contribution in [0.2, 0.25) is 0 Å². The minimum Gasteiger partial charge on any atom is -0.444 e. The van der Waals surface area contributed by atoms with Gasteiger partial charge in [0.15, 0.2) is 5.96 Å². The zero-order chi connectivity index (χ0) is 22.9. The van der Waals surface area contributed by atoms with Crippen LogP contribution >= 0.6 is 24.0 Å². The molecule has 1 aliphatic rings. The van der Waals surface area contributed by atoms with E-state index in [1.165, 1.54) is 0 Å². The maximum absolute atomic E-state index is 12.2. The Labute approximate surface area is 210 Å². The van der Waals surface area contributed by atoms with Crippen LogP contribution in [0, 0.1) is 5.92 Å². The van der Waals surface area contributed by atoms with E-state index in [0.29, 0.717) is 12.6 Å². The fourth-order valence-electron chi connectivity index (χ4n) is 3.38. The molecule has 32 heavy (non-hydrogen) atoms. The third kappa shape index (κ3) is 10.2. The SMILES string of the molecule is CCNC(=NCC(NC(=O)OC(C)(C)C)C(C)C)NC1CCN(c2ccccn2)CC1.I. The Morgan fingerprint density at radius 2 is 1.97 bits per heavy atom. The maximum atomic E-state index is 12.2. The minimum atomic E-state index is -0.518. The fourth-order valence-corrected chi connectivity index (χ4v) is 3.38. The third-order valence-corrected chi connectivity index (χ3v) is 5.11. The monoisotopic (exact) mass is 560 g/mol. The molecule has 0 spiro atoms.